The largest absolute Gasteiger partial charge is 0.489 e. The van der Waals surface area contributed by atoms with Crippen molar-refractivity contribution in [1.29, 1.82) is 0 Å². The number of allylic oxidation sites excluding steroid dienone is 2. The molecule has 3 rings (SSSR count). The van der Waals surface area contributed by atoms with Gasteiger partial charge in [-0.25, -0.2) is 4.79 Å². The summed E-state index contributed by atoms with van der Waals surface area (Å²) in [6.07, 6.45) is 6.02. The summed E-state index contributed by atoms with van der Waals surface area (Å²) in [5.74, 6) is 6.71. The summed E-state index contributed by atoms with van der Waals surface area (Å²) in [6.45, 7) is 8.78. The van der Waals surface area contributed by atoms with E-state index < -0.39 is 0 Å². The molecule has 0 fully saturated rings. The average molecular weight is 485 g/mol. The molecule has 2 aromatic carbocycles. The number of rotatable bonds is 9. The normalized spacial score (nSPS) is 11.7. The zero-order valence-electron chi connectivity index (χ0n) is 20.8. The van der Waals surface area contributed by atoms with Crippen LogP contribution in [0.15, 0.2) is 83.1 Å². The number of benzene rings is 2. The first-order chi connectivity index (χ1) is 16.8. The van der Waals surface area contributed by atoms with Crippen LogP contribution in [0.1, 0.15) is 45.2 Å². The van der Waals surface area contributed by atoms with Crippen LogP contribution in [-0.2, 0) is 16.1 Å². The molecule has 35 heavy (non-hydrogen) atoms. The first kappa shape index (κ1) is 26.1. The van der Waals surface area contributed by atoms with Crippen LogP contribution in [0.5, 0.6) is 5.75 Å². The lowest BCUT2D eigenvalue weighted by atomic mass is 9.98. The lowest BCUT2D eigenvalue weighted by Crippen LogP contribution is -2.07. The first-order valence-corrected chi connectivity index (χ1v) is 12.7. The molecule has 180 valence electrons. The molecule has 0 saturated carbocycles. The predicted molar refractivity (Wildman–Crippen MR) is 146 cm³/mol. The van der Waals surface area contributed by atoms with Gasteiger partial charge in [-0.15, -0.1) is 0 Å². The number of carbonyl (C=O) groups excluding carboxylic acids is 1. The van der Waals surface area contributed by atoms with Crippen LogP contribution in [-0.4, -0.2) is 12.6 Å². The second kappa shape index (κ2) is 12.8. The number of hydrogen-bond acceptors (Lipinski definition) is 4. The van der Waals surface area contributed by atoms with E-state index in [0.717, 1.165) is 22.4 Å². The second-order valence-electron chi connectivity index (χ2n) is 9.09. The lowest BCUT2D eigenvalue weighted by molar-refractivity contribution is -0.138. The average Bonchev–Trinajstić information content (AvgIpc) is 3.37. The Balaban J connectivity index is 1.71. The lowest BCUT2D eigenvalue weighted by Gasteiger charge is -2.09. The Morgan fingerprint density at radius 3 is 2.63 bits per heavy atom. The van der Waals surface area contributed by atoms with Gasteiger partial charge in [-0.3, -0.25) is 0 Å². The van der Waals surface area contributed by atoms with E-state index in [1.165, 1.54) is 5.56 Å². The molecule has 0 bridgehead atoms. The summed E-state index contributed by atoms with van der Waals surface area (Å²) < 4.78 is 11.3. The van der Waals surface area contributed by atoms with Crippen LogP contribution in [0.2, 0.25) is 0 Å². The molecule has 0 spiro atoms. The van der Waals surface area contributed by atoms with E-state index in [1.807, 2.05) is 55.5 Å². The summed E-state index contributed by atoms with van der Waals surface area (Å²) in [6, 6.07) is 18.2. The van der Waals surface area contributed by atoms with Crippen LogP contribution in [0, 0.1) is 17.3 Å². The third kappa shape index (κ3) is 8.96. The summed E-state index contributed by atoms with van der Waals surface area (Å²) in [7, 11) is 0. The highest BCUT2D eigenvalue weighted by molar-refractivity contribution is 7.08. The van der Waals surface area contributed by atoms with Gasteiger partial charge in [0.15, 0.2) is 0 Å². The second-order valence-corrected chi connectivity index (χ2v) is 9.87. The molecule has 4 heteroatoms. The van der Waals surface area contributed by atoms with E-state index >= 15 is 0 Å². The highest BCUT2D eigenvalue weighted by Gasteiger charge is 2.10. The minimum Gasteiger partial charge on any atom is -0.489 e. The summed E-state index contributed by atoms with van der Waals surface area (Å²) >= 11 is 1.68. The van der Waals surface area contributed by atoms with Gasteiger partial charge in [0.1, 0.15) is 12.4 Å². The monoisotopic (exact) mass is 484 g/mol. The maximum Gasteiger partial charge on any atom is 0.334 e. The van der Waals surface area contributed by atoms with Gasteiger partial charge in [0, 0.05) is 11.0 Å². The Morgan fingerprint density at radius 2 is 1.89 bits per heavy atom. The first-order valence-electron chi connectivity index (χ1n) is 11.7. The van der Waals surface area contributed by atoms with Gasteiger partial charge in [-0.1, -0.05) is 48.2 Å². The van der Waals surface area contributed by atoms with Crippen LogP contribution < -0.4 is 4.74 Å². The molecule has 0 amide bonds. The predicted octanol–water partition coefficient (Wildman–Crippen LogP) is 7.94. The van der Waals surface area contributed by atoms with E-state index in [2.05, 4.69) is 61.6 Å². The number of ether oxygens (including phenoxy) is 2. The van der Waals surface area contributed by atoms with E-state index in [-0.39, 0.29) is 11.4 Å². The molecule has 1 heterocycles. The molecule has 0 aliphatic carbocycles. The van der Waals surface area contributed by atoms with Crippen LogP contribution >= 0.6 is 11.3 Å². The molecule has 0 aliphatic rings. The molecule has 0 unspecified atom stereocenters. The van der Waals surface area contributed by atoms with Crippen molar-refractivity contribution in [3.8, 4) is 28.7 Å². The summed E-state index contributed by atoms with van der Waals surface area (Å²) in [5, 5.41) is 4.20. The Bertz CT molecular complexity index is 1230. The van der Waals surface area contributed by atoms with E-state index in [9.17, 15) is 4.79 Å². The van der Waals surface area contributed by atoms with E-state index in [4.69, 9.17) is 9.47 Å². The standard InChI is InChI=1S/C31H32O3S/c1-5-33-30(32)27(13-7-6-8-17-31(2,3)4)20-24-11-9-12-25(19-24)22-34-29-15-10-14-26(21-29)28-16-18-35-23-28/h6-7,9-12,14-16,18-21,23H,5,13,22H2,1-4H3/b7-6+,27-20+. The highest BCUT2D eigenvalue weighted by Crippen LogP contribution is 2.26. The maximum absolute atomic E-state index is 12.5. The van der Waals surface area contributed by atoms with Crippen molar-refractivity contribution in [2.24, 2.45) is 5.41 Å². The fourth-order valence-corrected chi connectivity index (χ4v) is 3.93. The third-order valence-corrected chi connectivity index (χ3v) is 5.59. The van der Waals surface area contributed by atoms with Gasteiger partial charge in [-0.05, 0) is 104 Å². The van der Waals surface area contributed by atoms with Crippen molar-refractivity contribution in [3.63, 3.8) is 0 Å². The van der Waals surface area contributed by atoms with Gasteiger partial charge in [0.2, 0.25) is 0 Å². The summed E-state index contributed by atoms with van der Waals surface area (Å²) in [5.41, 5.74) is 4.81. The maximum atomic E-state index is 12.5. The molecule has 1 aromatic heterocycles. The van der Waals surface area contributed by atoms with Crippen molar-refractivity contribution >= 4 is 23.4 Å². The fraction of sp³-hybridized carbons (Fsp3) is 0.258. The number of carbonyl (C=O) groups is 1. The van der Waals surface area contributed by atoms with Gasteiger partial charge < -0.3 is 9.47 Å². The smallest absolute Gasteiger partial charge is 0.334 e. The zero-order valence-corrected chi connectivity index (χ0v) is 21.7. The number of thiophene rings is 1. The SMILES string of the molecule is CCOC(=O)/C(=C/c1cccc(COc2cccc(-c3ccsc3)c2)c1)C/C=C/C#CC(C)(C)C. The quantitative estimate of drug-likeness (QED) is 0.176. The molecule has 3 aromatic rings. The van der Waals surface area contributed by atoms with Crippen molar-refractivity contribution < 1.29 is 14.3 Å². The minimum atomic E-state index is -0.312. The Morgan fingerprint density at radius 1 is 1.06 bits per heavy atom. The molecule has 0 atom stereocenters. The zero-order chi connectivity index (χ0) is 25.1. The van der Waals surface area contributed by atoms with Crippen LogP contribution in [0.4, 0.5) is 0 Å². The highest BCUT2D eigenvalue weighted by atomic mass is 32.1. The Hall–Kier alpha value is -3.55. The van der Waals surface area contributed by atoms with Crippen LogP contribution in [0.3, 0.4) is 0 Å². The Labute approximate surface area is 213 Å². The molecular formula is C31H32O3S. The number of hydrogen-bond donors (Lipinski definition) is 0. The van der Waals surface area contributed by atoms with Gasteiger partial charge in [0.25, 0.3) is 0 Å². The topological polar surface area (TPSA) is 35.5 Å². The molecule has 0 N–H and O–H groups in total. The van der Waals surface area contributed by atoms with Crippen molar-refractivity contribution in [1.82, 2.24) is 0 Å². The van der Waals surface area contributed by atoms with Crippen molar-refractivity contribution in [3.05, 3.63) is 94.2 Å². The van der Waals surface area contributed by atoms with E-state index in [1.54, 1.807) is 17.4 Å². The van der Waals surface area contributed by atoms with Gasteiger partial charge in [-0.2, -0.15) is 11.3 Å². The van der Waals surface area contributed by atoms with Gasteiger partial charge >= 0.3 is 5.97 Å². The molecule has 0 radical (unpaired) electrons. The molecule has 0 aliphatic heterocycles. The van der Waals surface area contributed by atoms with Crippen molar-refractivity contribution in [2.45, 2.75) is 40.7 Å². The number of esters is 1. The van der Waals surface area contributed by atoms with Crippen molar-refractivity contribution in [2.75, 3.05) is 6.61 Å². The van der Waals surface area contributed by atoms with Crippen LogP contribution in [0.25, 0.3) is 17.2 Å². The molecular weight excluding hydrogens is 452 g/mol. The Kier molecular flexibility index (Phi) is 9.52. The van der Waals surface area contributed by atoms with E-state index in [0.29, 0.717) is 25.2 Å². The fourth-order valence-electron chi connectivity index (χ4n) is 3.26. The molecule has 0 saturated heterocycles. The summed E-state index contributed by atoms with van der Waals surface area (Å²) in [4.78, 5) is 12.5. The molecule has 3 nitrogen and oxygen atoms in total. The third-order valence-electron chi connectivity index (χ3n) is 4.91. The minimum absolute atomic E-state index is 0.0577. The van der Waals surface area contributed by atoms with Gasteiger partial charge in [0.05, 0.1) is 6.61 Å².